The fourth-order valence-corrected chi connectivity index (χ4v) is 3.40. The zero-order chi connectivity index (χ0) is 23.5. The van der Waals surface area contributed by atoms with Crippen LogP contribution in [0.1, 0.15) is 57.6 Å². The van der Waals surface area contributed by atoms with E-state index in [1.54, 1.807) is 6.92 Å². The van der Waals surface area contributed by atoms with Gasteiger partial charge in [-0.1, -0.05) is 50.5 Å². The van der Waals surface area contributed by atoms with Gasteiger partial charge in [-0.2, -0.15) is 0 Å². The molecule has 6 nitrogen and oxygen atoms in total. The largest absolute Gasteiger partial charge is 0.478 e. The summed E-state index contributed by atoms with van der Waals surface area (Å²) in [6.45, 7) is 9.87. The van der Waals surface area contributed by atoms with E-state index in [1.165, 1.54) is 6.08 Å². The molecule has 0 aromatic heterocycles. The molecule has 0 atom stereocenters. The first-order chi connectivity index (χ1) is 15.3. The van der Waals surface area contributed by atoms with Gasteiger partial charge in [-0.15, -0.1) is 0 Å². The highest BCUT2D eigenvalue weighted by atomic mass is 16.4. The molecule has 0 spiro atoms. The number of anilines is 3. The van der Waals surface area contributed by atoms with Crippen LogP contribution in [-0.4, -0.2) is 30.2 Å². The molecule has 3 N–H and O–H groups in total. The van der Waals surface area contributed by atoms with Crippen LogP contribution >= 0.6 is 0 Å². The van der Waals surface area contributed by atoms with Gasteiger partial charge in [0.25, 0.3) is 0 Å². The second-order valence-corrected chi connectivity index (χ2v) is 8.04. The molecule has 0 saturated carbocycles. The van der Waals surface area contributed by atoms with Crippen LogP contribution in [0.15, 0.2) is 48.5 Å². The van der Waals surface area contributed by atoms with Crippen molar-refractivity contribution >= 4 is 34.6 Å². The third-order valence-electron chi connectivity index (χ3n) is 5.25. The summed E-state index contributed by atoms with van der Waals surface area (Å²) in [6, 6.07) is 13.0. The molecule has 6 heteroatoms. The van der Waals surface area contributed by atoms with Crippen LogP contribution in [0.5, 0.6) is 0 Å². The number of urea groups is 1. The van der Waals surface area contributed by atoms with Crippen LogP contribution in [0, 0.1) is 6.92 Å². The molecule has 32 heavy (non-hydrogen) atoms. The van der Waals surface area contributed by atoms with Crippen molar-refractivity contribution in [2.45, 2.75) is 53.4 Å². The zero-order valence-electron chi connectivity index (χ0n) is 19.6. The van der Waals surface area contributed by atoms with Gasteiger partial charge in [0.05, 0.1) is 11.4 Å². The molecule has 2 rings (SSSR count). The number of aliphatic carboxylic acids is 1. The van der Waals surface area contributed by atoms with Crippen molar-refractivity contribution in [2.24, 2.45) is 0 Å². The lowest BCUT2D eigenvalue weighted by molar-refractivity contribution is -0.131. The first-order valence-electron chi connectivity index (χ1n) is 11.3. The molecule has 2 amide bonds. The highest BCUT2D eigenvalue weighted by Gasteiger charge is 2.15. The Balaban J connectivity index is 2.37. The minimum Gasteiger partial charge on any atom is -0.478 e. The molecular weight excluding hydrogens is 402 g/mol. The molecule has 0 radical (unpaired) electrons. The van der Waals surface area contributed by atoms with Gasteiger partial charge in [0, 0.05) is 24.9 Å². The second-order valence-electron chi connectivity index (χ2n) is 8.04. The van der Waals surface area contributed by atoms with Gasteiger partial charge in [0.15, 0.2) is 0 Å². The fourth-order valence-electron chi connectivity index (χ4n) is 3.40. The predicted octanol–water partition coefficient (Wildman–Crippen LogP) is 6.53. The van der Waals surface area contributed by atoms with Crippen LogP contribution in [0.4, 0.5) is 21.9 Å². The van der Waals surface area contributed by atoms with Crippen LogP contribution in [0.2, 0.25) is 0 Å². The molecule has 0 unspecified atom stereocenters. The quantitative estimate of drug-likeness (QED) is 0.349. The molecule has 0 heterocycles. The van der Waals surface area contributed by atoms with E-state index in [0.717, 1.165) is 55.6 Å². The number of benzene rings is 2. The summed E-state index contributed by atoms with van der Waals surface area (Å²) in [6.07, 6.45) is 5.45. The average Bonchev–Trinajstić information content (AvgIpc) is 2.75. The van der Waals surface area contributed by atoms with Crippen molar-refractivity contribution in [1.82, 2.24) is 0 Å². The molecule has 0 bridgehead atoms. The summed E-state index contributed by atoms with van der Waals surface area (Å²) in [7, 11) is 0. The Bertz CT molecular complexity index is 928. The van der Waals surface area contributed by atoms with Gasteiger partial charge in [-0.25, -0.2) is 9.59 Å². The normalized spacial score (nSPS) is 11.2. The molecule has 0 fully saturated rings. The van der Waals surface area contributed by atoms with E-state index in [1.807, 2.05) is 49.4 Å². The van der Waals surface area contributed by atoms with E-state index in [-0.39, 0.29) is 6.03 Å². The molecule has 0 aliphatic rings. The van der Waals surface area contributed by atoms with Gasteiger partial charge >= 0.3 is 12.0 Å². The minimum atomic E-state index is -0.995. The van der Waals surface area contributed by atoms with E-state index in [9.17, 15) is 9.59 Å². The predicted molar refractivity (Wildman–Crippen MR) is 134 cm³/mol. The van der Waals surface area contributed by atoms with E-state index in [0.29, 0.717) is 16.9 Å². The van der Waals surface area contributed by atoms with Crippen molar-refractivity contribution in [1.29, 1.82) is 0 Å². The Morgan fingerprint density at radius 3 is 2.16 bits per heavy atom. The standard InChI is InChI=1S/C26H35N3O3/c1-5-7-15-29(16-8-6-2)24-14-11-21(20(4)17-25(30)31)18-23(24)28-26(32)27-22-12-9-19(3)10-13-22/h9-14,17-18H,5-8,15-16H2,1-4H3,(H,30,31)(H2,27,28,32)/b20-17+. The third kappa shape index (κ3) is 7.76. The third-order valence-corrected chi connectivity index (χ3v) is 5.25. The van der Waals surface area contributed by atoms with Crippen molar-refractivity contribution in [3.05, 3.63) is 59.7 Å². The van der Waals surface area contributed by atoms with Gasteiger partial charge in [-0.3, -0.25) is 0 Å². The van der Waals surface area contributed by atoms with Crippen molar-refractivity contribution in [2.75, 3.05) is 28.6 Å². The second kappa shape index (κ2) is 12.5. The van der Waals surface area contributed by atoms with Crippen molar-refractivity contribution < 1.29 is 14.7 Å². The smallest absolute Gasteiger partial charge is 0.328 e. The SMILES string of the molecule is CCCCN(CCCC)c1ccc(/C(C)=C/C(=O)O)cc1NC(=O)Nc1ccc(C)cc1. The number of allylic oxidation sites excluding steroid dienone is 1. The van der Waals surface area contributed by atoms with Crippen molar-refractivity contribution in [3.8, 4) is 0 Å². The Morgan fingerprint density at radius 1 is 0.969 bits per heavy atom. The highest BCUT2D eigenvalue weighted by Crippen LogP contribution is 2.31. The summed E-state index contributed by atoms with van der Waals surface area (Å²) in [5.41, 5.74) is 4.82. The van der Waals surface area contributed by atoms with Gasteiger partial charge in [0.1, 0.15) is 0 Å². The molecule has 2 aromatic carbocycles. The van der Waals surface area contributed by atoms with Crippen molar-refractivity contribution in [3.63, 3.8) is 0 Å². The number of carbonyl (C=O) groups is 2. The highest BCUT2D eigenvalue weighted by molar-refractivity contribution is 6.02. The summed E-state index contributed by atoms with van der Waals surface area (Å²) in [5, 5.41) is 15.0. The molecule has 2 aromatic rings. The van der Waals surface area contributed by atoms with E-state index < -0.39 is 5.97 Å². The van der Waals surface area contributed by atoms with E-state index >= 15 is 0 Å². The lowest BCUT2D eigenvalue weighted by atomic mass is 10.0. The summed E-state index contributed by atoms with van der Waals surface area (Å²) >= 11 is 0. The number of aryl methyl sites for hydroxylation is 1. The number of hydrogen-bond acceptors (Lipinski definition) is 3. The van der Waals surface area contributed by atoms with Crippen LogP contribution in [0.25, 0.3) is 5.57 Å². The van der Waals surface area contributed by atoms with E-state index in [2.05, 4.69) is 29.4 Å². The number of hydrogen-bond donors (Lipinski definition) is 3. The lowest BCUT2D eigenvalue weighted by Gasteiger charge is -2.28. The van der Waals surface area contributed by atoms with Crippen LogP contribution in [-0.2, 0) is 4.79 Å². The number of rotatable bonds is 11. The number of carboxylic acids is 1. The number of nitrogens with one attached hydrogen (secondary N) is 2. The van der Waals surface area contributed by atoms with Gasteiger partial charge in [-0.05, 0) is 62.1 Å². The number of carbonyl (C=O) groups excluding carboxylic acids is 1. The Hall–Kier alpha value is -3.28. The molecule has 172 valence electrons. The summed E-state index contributed by atoms with van der Waals surface area (Å²) < 4.78 is 0. The van der Waals surface area contributed by atoms with Gasteiger partial charge < -0.3 is 20.6 Å². The van der Waals surface area contributed by atoms with Gasteiger partial charge in [0.2, 0.25) is 0 Å². The zero-order valence-corrected chi connectivity index (χ0v) is 19.6. The Kier molecular flexibility index (Phi) is 9.79. The van der Waals surface area contributed by atoms with E-state index in [4.69, 9.17) is 5.11 Å². The molecule has 0 aliphatic heterocycles. The van der Waals surface area contributed by atoms with Crippen LogP contribution in [0.3, 0.4) is 0 Å². The maximum absolute atomic E-state index is 12.8. The Labute approximate surface area is 191 Å². The summed E-state index contributed by atoms with van der Waals surface area (Å²) in [5.74, 6) is -0.995. The molecule has 0 aliphatic carbocycles. The lowest BCUT2D eigenvalue weighted by Crippen LogP contribution is -2.28. The number of unbranched alkanes of at least 4 members (excludes halogenated alkanes) is 2. The first kappa shape index (κ1) is 25.0. The summed E-state index contributed by atoms with van der Waals surface area (Å²) in [4.78, 5) is 26.2. The maximum atomic E-state index is 12.8. The first-order valence-corrected chi connectivity index (χ1v) is 11.3. The number of nitrogens with zero attached hydrogens (tertiary/aromatic N) is 1. The average molecular weight is 438 g/mol. The topological polar surface area (TPSA) is 81.7 Å². The fraction of sp³-hybridized carbons (Fsp3) is 0.385. The maximum Gasteiger partial charge on any atom is 0.328 e. The monoisotopic (exact) mass is 437 g/mol. The number of amides is 2. The molecular formula is C26H35N3O3. The number of carboxylic acid groups (broad SMARTS) is 1. The van der Waals surface area contributed by atoms with Crippen LogP contribution < -0.4 is 15.5 Å². The Morgan fingerprint density at radius 2 is 1.59 bits per heavy atom. The minimum absolute atomic E-state index is 0.335. The molecule has 0 saturated heterocycles.